The highest BCUT2D eigenvalue weighted by molar-refractivity contribution is 5.74. The number of ether oxygens (including phenoxy) is 5. The van der Waals surface area contributed by atoms with E-state index in [-0.39, 0.29) is 17.9 Å². The smallest absolute Gasteiger partial charge is 0.312 e. The van der Waals surface area contributed by atoms with Gasteiger partial charge in [0.2, 0.25) is 5.75 Å². The summed E-state index contributed by atoms with van der Waals surface area (Å²) in [7, 11) is 3.07. The largest absolute Gasteiger partial charge is 0.493 e. The Kier molecular flexibility index (Phi) is 7.21. The quantitative estimate of drug-likeness (QED) is 0.278. The third-order valence-corrected chi connectivity index (χ3v) is 4.57. The minimum atomic E-state index is -0.660. The summed E-state index contributed by atoms with van der Waals surface area (Å²) < 4.78 is 26.6. The number of hydrogen-bond acceptors (Lipinski definition) is 8. The van der Waals surface area contributed by atoms with E-state index in [2.05, 4.69) is 0 Å². The summed E-state index contributed by atoms with van der Waals surface area (Å²) in [5, 5.41) is 11.5. The molecule has 0 aromatic heterocycles. The van der Waals surface area contributed by atoms with Crippen LogP contribution < -0.4 is 14.2 Å². The van der Waals surface area contributed by atoms with Crippen molar-refractivity contribution < 1.29 is 33.4 Å². The monoisotopic (exact) mass is 417 g/mol. The molecule has 1 fully saturated rings. The lowest BCUT2D eigenvalue weighted by molar-refractivity contribution is -0.385. The minimum absolute atomic E-state index is 0.0449. The lowest BCUT2D eigenvalue weighted by Crippen LogP contribution is -2.18. The number of carbonyl (C=O) groups excluding carboxylic acids is 1. The molecule has 3 rings (SSSR count). The summed E-state index contributed by atoms with van der Waals surface area (Å²) in [6.07, 6.45) is 0.541. The first kappa shape index (κ1) is 21.5. The van der Waals surface area contributed by atoms with Crippen molar-refractivity contribution in [1.29, 1.82) is 0 Å². The molecule has 1 aliphatic rings. The third-order valence-electron chi connectivity index (χ3n) is 4.57. The van der Waals surface area contributed by atoms with E-state index < -0.39 is 17.2 Å². The fourth-order valence-electron chi connectivity index (χ4n) is 3.05. The van der Waals surface area contributed by atoms with Crippen LogP contribution in [0.15, 0.2) is 36.4 Å². The Morgan fingerprint density at radius 1 is 1.07 bits per heavy atom. The van der Waals surface area contributed by atoms with Crippen LogP contribution in [0.1, 0.15) is 30.3 Å². The van der Waals surface area contributed by atoms with E-state index in [1.54, 1.807) is 25.3 Å². The molecule has 0 amide bonds. The van der Waals surface area contributed by atoms with Crippen molar-refractivity contribution in [3.63, 3.8) is 0 Å². The van der Waals surface area contributed by atoms with Gasteiger partial charge >= 0.3 is 11.7 Å². The summed E-state index contributed by atoms with van der Waals surface area (Å²) in [6, 6.07) is 9.64. The molecule has 160 valence electrons. The molecule has 2 aromatic carbocycles. The number of carbonyl (C=O) groups is 1. The molecule has 2 aromatic rings. The van der Waals surface area contributed by atoms with Crippen LogP contribution in [0.2, 0.25) is 0 Å². The van der Waals surface area contributed by atoms with Crippen LogP contribution in [0.5, 0.6) is 17.2 Å². The molecule has 1 aliphatic heterocycles. The summed E-state index contributed by atoms with van der Waals surface area (Å²) in [4.78, 5) is 23.1. The highest BCUT2D eigenvalue weighted by atomic mass is 16.7. The number of esters is 1. The SMILES string of the molecule is COc1ccc(CCC(=O)Oc2ccc(C3OCCCO3)cc2[N+](=O)[O-])cc1OC. The van der Waals surface area contributed by atoms with Gasteiger partial charge in [0.15, 0.2) is 17.8 Å². The second kappa shape index (κ2) is 10.0. The second-order valence-corrected chi connectivity index (χ2v) is 6.57. The van der Waals surface area contributed by atoms with E-state index in [0.29, 0.717) is 36.7 Å². The van der Waals surface area contributed by atoms with E-state index in [1.807, 2.05) is 6.07 Å². The Morgan fingerprint density at radius 2 is 1.77 bits per heavy atom. The lowest BCUT2D eigenvalue weighted by Gasteiger charge is -2.23. The van der Waals surface area contributed by atoms with Crippen molar-refractivity contribution in [2.75, 3.05) is 27.4 Å². The number of rotatable bonds is 8. The minimum Gasteiger partial charge on any atom is -0.493 e. The maximum absolute atomic E-state index is 12.3. The highest BCUT2D eigenvalue weighted by Crippen LogP contribution is 2.33. The number of nitrogens with zero attached hydrogens (tertiary/aromatic N) is 1. The van der Waals surface area contributed by atoms with Crippen molar-refractivity contribution >= 4 is 11.7 Å². The third kappa shape index (κ3) is 5.25. The van der Waals surface area contributed by atoms with Gasteiger partial charge in [-0.1, -0.05) is 6.07 Å². The normalized spacial score (nSPS) is 14.2. The number of aryl methyl sites for hydroxylation is 1. The average molecular weight is 417 g/mol. The molecule has 0 spiro atoms. The summed E-state index contributed by atoms with van der Waals surface area (Å²) in [6.45, 7) is 1.04. The van der Waals surface area contributed by atoms with Gasteiger partial charge < -0.3 is 23.7 Å². The van der Waals surface area contributed by atoms with Crippen molar-refractivity contribution in [3.05, 3.63) is 57.6 Å². The first-order valence-corrected chi connectivity index (χ1v) is 9.45. The average Bonchev–Trinajstić information content (AvgIpc) is 2.78. The molecule has 30 heavy (non-hydrogen) atoms. The molecule has 9 nitrogen and oxygen atoms in total. The van der Waals surface area contributed by atoms with Crippen LogP contribution in [0.4, 0.5) is 5.69 Å². The molecule has 1 saturated heterocycles. The van der Waals surface area contributed by atoms with Gasteiger partial charge in [-0.25, -0.2) is 0 Å². The van der Waals surface area contributed by atoms with Crippen LogP contribution in [0, 0.1) is 10.1 Å². The Labute approximate surface area is 173 Å². The molecular formula is C21H23NO8. The summed E-state index contributed by atoms with van der Waals surface area (Å²) >= 11 is 0. The maximum atomic E-state index is 12.3. The Hall–Kier alpha value is -3.17. The predicted molar refractivity (Wildman–Crippen MR) is 106 cm³/mol. The summed E-state index contributed by atoms with van der Waals surface area (Å²) in [5.41, 5.74) is 1.04. The van der Waals surface area contributed by atoms with Gasteiger partial charge in [0.05, 0.1) is 32.4 Å². The van der Waals surface area contributed by atoms with Crippen molar-refractivity contribution in [1.82, 2.24) is 0 Å². The molecule has 9 heteroatoms. The van der Waals surface area contributed by atoms with Gasteiger partial charge in [0, 0.05) is 18.1 Å². The molecule has 0 radical (unpaired) electrons. The number of hydrogen-bond donors (Lipinski definition) is 0. The van der Waals surface area contributed by atoms with E-state index in [1.165, 1.54) is 19.2 Å². The standard InChI is InChI=1S/C21H23NO8/c1-26-18-7-4-14(12-19(18)27-2)5-9-20(23)30-17-8-6-15(13-16(17)22(24)25)21-28-10-3-11-29-21/h4,6-8,12-13,21H,3,5,9-11H2,1-2H3. The molecule has 0 saturated carbocycles. The zero-order valence-electron chi connectivity index (χ0n) is 16.8. The maximum Gasteiger partial charge on any atom is 0.312 e. The number of methoxy groups -OCH3 is 2. The number of nitro benzene ring substituents is 1. The van der Waals surface area contributed by atoms with Gasteiger partial charge in [-0.15, -0.1) is 0 Å². The zero-order chi connectivity index (χ0) is 21.5. The zero-order valence-corrected chi connectivity index (χ0v) is 16.8. The Balaban J connectivity index is 1.66. The molecule has 0 atom stereocenters. The van der Waals surface area contributed by atoms with E-state index in [4.69, 9.17) is 23.7 Å². The van der Waals surface area contributed by atoms with Crippen LogP contribution in [-0.4, -0.2) is 38.3 Å². The van der Waals surface area contributed by atoms with Crippen molar-refractivity contribution in [2.24, 2.45) is 0 Å². The first-order valence-electron chi connectivity index (χ1n) is 9.45. The van der Waals surface area contributed by atoms with Gasteiger partial charge in [-0.05, 0) is 42.7 Å². The molecular weight excluding hydrogens is 394 g/mol. The van der Waals surface area contributed by atoms with Gasteiger partial charge in [0.1, 0.15) is 0 Å². The Bertz CT molecular complexity index is 908. The Morgan fingerprint density at radius 3 is 2.43 bits per heavy atom. The van der Waals surface area contributed by atoms with Crippen LogP contribution in [0.25, 0.3) is 0 Å². The number of benzene rings is 2. The number of nitro groups is 1. The van der Waals surface area contributed by atoms with Crippen molar-refractivity contribution in [2.45, 2.75) is 25.6 Å². The highest BCUT2D eigenvalue weighted by Gasteiger charge is 2.24. The molecule has 0 N–H and O–H groups in total. The first-order chi connectivity index (χ1) is 14.5. The second-order valence-electron chi connectivity index (χ2n) is 6.57. The van der Waals surface area contributed by atoms with Crippen LogP contribution >= 0.6 is 0 Å². The fourth-order valence-corrected chi connectivity index (χ4v) is 3.05. The lowest BCUT2D eigenvalue weighted by atomic mass is 10.1. The van der Waals surface area contributed by atoms with Gasteiger partial charge in [-0.2, -0.15) is 0 Å². The summed E-state index contributed by atoms with van der Waals surface area (Å²) in [5.74, 6) is 0.454. The van der Waals surface area contributed by atoms with E-state index >= 15 is 0 Å². The van der Waals surface area contributed by atoms with Gasteiger partial charge in [0.25, 0.3) is 0 Å². The van der Waals surface area contributed by atoms with Crippen LogP contribution in [0.3, 0.4) is 0 Å². The van der Waals surface area contributed by atoms with Crippen molar-refractivity contribution in [3.8, 4) is 17.2 Å². The van der Waals surface area contributed by atoms with Crippen LogP contribution in [-0.2, 0) is 20.7 Å². The predicted octanol–water partition coefficient (Wildman–Crippen LogP) is 3.59. The molecule has 0 aliphatic carbocycles. The molecule has 0 unspecified atom stereocenters. The van der Waals surface area contributed by atoms with Gasteiger partial charge in [-0.3, -0.25) is 14.9 Å². The fraction of sp³-hybridized carbons (Fsp3) is 0.381. The topological polar surface area (TPSA) is 106 Å². The molecule has 1 heterocycles. The van der Waals surface area contributed by atoms with E-state index in [9.17, 15) is 14.9 Å². The van der Waals surface area contributed by atoms with E-state index in [0.717, 1.165) is 12.0 Å². The molecule has 0 bridgehead atoms.